The molecule has 5 aromatic carbocycles. The Balaban J connectivity index is 1.33. The summed E-state index contributed by atoms with van der Waals surface area (Å²) in [5.41, 5.74) is 5.81. The van der Waals surface area contributed by atoms with Crippen LogP contribution in [0, 0.1) is 0 Å². The van der Waals surface area contributed by atoms with Gasteiger partial charge in [-0.05, 0) is 120 Å². The number of carbonyl (C=O) groups is 1. The molecule has 0 fully saturated rings. The van der Waals surface area contributed by atoms with Gasteiger partial charge in [-0.15, -0.1) is 0 Å². The van der Waals surface area contributed by atoms with Gasteiger partial charge in [-0.2, -0.15) is 3.71 Å². The van der Waals surface area contributed by atoms with E-state index in [1.807, 2.05) is 124 Å². The minimum absolute atomic E-state index is 0.0917. The van der Waals surface area contributed by atoms with Gasteiger partial charge in [0, 0.05) is 18.6 Å². The van der Waals surface area contributed by atoms with Crippen molar-refractivity contribution in [1.82, 2.24) is 10.6 Å². The van der Waals surface area contributed by atoms with Crippen molar-refractivity contribution in [1.29, 1.82) is 0 Å². The molecule has 0 saturated heterocycles. The van der Waals surface area contributed by atoms with Gasteiger partial charge in [-0.3, -0.25) is 4.79 Å². The molecule has 0 spiro atoms. The number of sulfonamides is 2. The highest BCUT2D eigenvalue weighted by Gasteiger charge is 2.41. The highest BCUT2D eigenvalue weighted by Crippen LogP contribution is 2.45. The monoisotopic (exact) mass is 899 g/mol. The molecule has 4 N–H and O–H groups in total. The molecule has 0 aliphatic carbocycles. The van der Waals surface area contributed by atoms with Crippen molar-refractivity contribution in [2.24, 2.45) is 0 Å². The Morgan fingerprint density at radius 3 is 2.00 bits per heavy atom. The topological polar surface area (TPSA) is 162 Å². The summed E-state index contributed by atoms with van der Waals surface area (Å²) in [5.74, 6) is -0.0684. The summed E-state index contributed by atoms with van der Waals surface area (Å²) in [6.45, 7) is 12.9. The van der Waals surface area contributed by atoms with Crippen molar-refractivity contribution in [2.45, 2.75) is 89.7 Å². The van der Waals surface area contributed by atoms with Crippen molar-refractivity contribution in [3.8, 4) is 22.6 Å². The second-order valence-corrected chi connectivity index (χ2v) is 26.4. The Kier molecular flexibility index (Phi) is 15.2. The van der Waals surface area contributed by atoms with Crippen LogP contribution in [0.5, 0.6) is 11.5 Å². The lowest BCUT2D eigenvalue weighted by Gasteiger charge is -2.39. The van der Waals surface area contributed by atoms with Gasteiger partial charge in [0.15, 0.2) is 8.32 Å². The van der Waals surface area contributed by atoms with Crippen LogP contribution in [0.3, 0.4) is 0 Å². The second-order valence-electron chi connectivity index (χ2n) is 18.0. The van der Waals surface area contributed by atoms with E-state index in [2.05, 4.69) is 24.5 Å². The van der Waals surface area contributed by atoms with E-state index in [9.17, 15) is 31.5 Å². The van der Waals surface area contributed by atoms with E-state index in [1.54, 1.807) is 24.3 Å². The molecule has 0 bridgehead atoms. The number of nitrogens with one attached hydrogen (secondary N) is 2. The van der Waals surface area contributed by atoms with Crippen LogP contribution < -0.4 is 19.1 Å². The Morgan fingerprint density at radius 2 is 1.35 bits per heavy atom. The third kappa shape index (κ3) is 13.5. The zero-order valence-corrected chi connectivity index (χ0v) is 39.6. The fraction of sp³-hybridized carbons (Fsp3) is 0.354. The summed E-state index contributed by atoms with van der Waals surface area (Å²) in [4.78, 5) is 24.5. The maximum absolute atomic E-state index is 13.1. The first kappa shape index (κ1) is 48.0. The van der Waals surface area contributed by atoms with Crippen LogP contribution in [0.4, 0.5) is 5.69 Å². The average molecular weight is 900 g/mol. The summed E-state index contributed by atoms with van der Waals surface area (Å²) in [6.07, 6.45) is 3.07. The Bertz CT molecular complexity index is 2510. The molecule has 0 unspecified atom stereocenters. The summed E-state index contributed by atoms with van der Waals surface area (Å²) in [6, 6.07) is 37.3. The number of phenols is 1. The molecule has 0 aromatic heterocycles. The molecule has 0 heterocycles. The summed E-state index contributed by atoms with van der Waals surface area (Å²) in [7, 11) is -11.3. The van der Waals surface area contributed by atoms with E-state index in [0.717, 1.165) is 45.9 Å². The first-order chi connectivity index (χ1) is 28.9. The average Bonchev–Trinajstić information content (AvgIpc) is 3.17. The molecule has 1 amide bonds. The van der Waals surface area contributed by atoms with Gasteiger partial charge >= 0.3 is 0 Å². The lowest BCUT2D eigenvalue weighted by molar-refractivity contribution is -0.120. The van der Waals surface area contributed by atoms with Crippen molar-refractivity contribution in [3.05, 3.63) is 149 Å². The summed E-state index contributed by atoms with van der Waals surface area (Å²) < 4.78 is 59.1. The smallest absolute Gasteiger partial charge is 0.245 e. The molecule has 11 nitrogen and oxygen atoms in total. The number of ether oxygens (including phenoxy) is 1. The molecular formula is C48H61N3O8S2Si. The van der Waals surface area contributed by atoms with Gasteiger partial charge in [0.05, 0.1) is 18.9 Å². The molecule has 1 atom stereocenters. The number of carbonyl (C=O) groups excluding carboxylic acids is 1. The zero-order valence-electron chi connectivity index (χ0n) is 37.0. The van der Waals surface area contributed by atoms with Crippen molar-refractivity contribution in [2.75, 3.05) is 22.8 Å². The number of amides is 1. The molecule has 332 valence electrons. The van der Waals surface area contributed by atoms with E-state index in [0.29, 0.717) is 35.2 Å². The highest BCUT2D eigenvalue weighted by atomic mass is 32.3. The minimum atomic E-state index is -4.31. The number of nitrogens with zero attached hydrogens (tertiary/aromatic N) is 1. The molecule has 5 rings (SSSR count). The Morgan fingerprint density at radius 1 is 0.742 bits per heavy atom. The zero-order chi connectivity index (χ0) is 45.5. The van der Waals surface area contributed by atoms with Crippen molar-refractivity contribution < 1.29 is 36.3 Å². The molecule has 0 saturated carbocycles. The number of hydrogen-bond donors (Lipinski definition) is 4. The van der Waals surface area contributed by atoms with Crippen LogP contribution in [0.1, 0.15) is 67.9 Å². The number of aromatic hydroxyl groups is 1. The maximum Gasteiger partial charge on any atom is 0.245 e. The fourth-order valence-electron chi connectivity index (χ4n) is 7.35. The van der Waals surface area contributed by atoms with Gasteiger partial charge in [-0.1, -0.05) is 105 Å². The van der Waals surface area contributed by atoms with Crippen LogP contribution in [0.15, 0.2) is 121 Å². The molecular weight excluding hydrogens is 839 g/mol. The predicted octanol–water partition coefficient (Wildman–Crippen LogP) is 8.28. The van der Waals surface area contributed by atoms with Gasteiger partial charge in [-0.25, -0.2) is 16.8 Å². The molecule has 14 heteroatoms. The number of benzene rings is 5. The Hall–Kier alpha value is -4.99. The van der Waals surface area contributed by atoms with Gasteiger partial charge in [0.25, 0.3) is 0 Å². The second kappa shape index (κ2) is 19.6. The first-order valence-corrected chi connectivity index (χ1v) is 27.3. The van der Waals surface area contributed by atoms with Crippen molar-refractivity contribution in [3.63, 3.8) is 0 Å². The molecule has 0 aliphatic rings. The van der Waals surface area contributed by atoms with E-state index >= 15 is 0 Å². The molecule has 62 heavy (non-hydrogen) atoms. The van der Waals surface area contributed by atoms with E-state index in [4.69, 9.17) is 4.74 Å². The number of hydrogen-bond acceptors (Lipinski definition) is 9. The normalized spacial score (nSPS) is 13.0. The fourth-order valence-corrected chi connectivity index (χ4v) is 11.1. The molecule has 5 aromatic rings. The van der Waals surface area contributed by atoms with E-state index in [1.165, 1.54) is 0 Å². The number of rotatable bonds is 20. The summed E-state index contributed by atoms with van der Waals surface area (Å²) >= 11 is 0. The minimum Gasteiger partial charge on any atom is -0.508 e. The largest absolute Gasteiger partial charge is 0.508 e. The van der Waals surface area contributed by atoms with Crippen LogP contribution in [-0.2, 0) is 50.8 Å². The number of anilines is 1. The standard InChI is InChI=1S/C48H61N3O8S2Si/c1-47(2,30-37-17-12-16-36(26-37)28-46(53)49-32-38-18-13-19-40(27-38)39-20-23-43(52)24-21-39)50-33-42(31-48(3,4)62(7,8)58)41-22-25-45(59-34-35-14-10-9-11-15-35)44(29-41)51(60(5,54)55)61(6,56)57/h9-27,29,42,50,52,58H,28,30-34H2,1-8H3,(H,49,53)/t42-/m0/s1. The van der Waals surface area contributed by atoms with Crippen LogP contribution in [-0.4, -0.2) is 65.6 Å². The highest BCUT2D eigenvalue weighted by molar-refractivity contribution is 8.09. The SMILES string of the molecule is CC(C)(Cc1cccc(CC(=O)NCc2cccc(-c3ccc(O)cc3)c2)c1)NC[C@H](CC(C)(C)[Si](C)(C)O)c1ccc(OCc2ccccc2)c(N(S(C)(=O)=O)S(C)(=O)=O)c1. The number of phenolic OH excluding ortho intramolecular Hbond substituents is 1. The van der Waals surface area contributed by atoms with Gasteiger partial charge < -0.3 is 25.3 Å². The van der Waals surface area contributed by atoms with E-state index in [-0.39, 0.29) is 42.0 Å². The predicted molar refractivity (Wildman–Crippen MR) is 252 cm³/mol. The van der Waals surface area contributed by atoms with Gasteiger partial charge in [0.1, 0.15) is 23.8 Å². The first-order valence-electron chi connectivity index (χ1n) is 20.6. The summed E-state index contributed by atoms with van der Waals surface area (Å²) in [5, 5.41) is 15.9. The van der Waals surface area contributed by atoms with Crippen LogP contribution in [0.25, 0.3) is 11.1 Å². The molecule has 0 aliphatic heterocycles. The lowest BCUT2D eigenvalue weighted by Crippen LogP contribution is -2.45. The third-order valence-electron chi connectivity index (χ3n) is 11.4. The quantitative estimate of drug-likeness (QED) is 0.0564. The maximum atomic E-state index is 13.1. The van der Waals surface area contributed by atoms with Crippen molar-refractivity contribution >= 4 is 40.0 Å². The Labute approximate surface area is 369 Å². The third-order valence-corrected chi connectivity index (χ3v) is 18.1. The lowest BCUT2D eigenvalue weighted by atomic mass is 9.87. The van der Waals surface area contributed by atoms with Gasteiger partial charge in [0.2, 0.25) is 26.0 Å². The molecule has 0 radical (unpaired) electrons. The van der Waals surface area contributed by atoms with E-state index < -0.39 is 38.9 Å². The van der Waals surface area contributed by atoms with Crippen LogP contribution in [0.2, 0.25) is 18.1 Å². The van der Waals surface area contributed by atoms with Crippen LogP contribution >= 0.6 is 0 Å².